The van der Waals surface area contributed by atoms with Gasteiger partial charge in [0, 0.05) is 15.6 Å². The van der Waals surface area contributed by atoms with Crippen LogP contribution >= 0.6 is 23.2 Å². The Balaban J connectivity index is 2.16. The first-order chi connectivity index (χ1) is 7.09. The molecule has 0 amide bonds. The van der Waals surface area contributed by atoms with Crippen LogP contribution in [0, 0.1) is 0 Å². The second-order valence-corrected chi connectivity index (χ2v) is 5.35. The number of rotatable bonds is 2. The van der Waals surface area contributed by atoms with Gasteiger partial charge in [0.05, 0.1) is 0 Å². The lowest BCUT2D eigenvalue weighted by Gasteiger charge is -2.24. The van der Waals surface area contributed by atoms with Gasteiger partial charge in [-0.3, -0.25) is 0 Å². The van der Waals surface area contributed by atoms with Gasteiger partial charge in [-0.15, -0.1) is 0 Å². The fourth-order valence-corrected chi connectivity index (χ4v) is 2.67. The summed E-state index contributed by atoms with van der Waals surface area (Å²) in [4.78, 5) is 0. The Hall–Kier alpha value is -0.240. The van der Waals surface area contributed by atoms with E-state index in [0.29, 0.717) is 5.02 Å². The molecule has 0 spiro atoms. The van der Waals surface area contributed by atoms with E-state index in [4.69, 9.17) is 23.2 Å². The lowest BCUT2D eigenvalue weighted by molar-refractivity contribution is 0.413. The van der Waals surface area contributed by atoms with Crippen LogP contribution in [0.1, 0.15) is 25.3 Å². The average molecular weight is 244 g/mol. The van der Waals surface area contributed by atoms with Gasteiger partial charge in [-0.1, -0.05) is 29.3 Å². The molecule has 0 aromatic heterocycles. The summed E-state index contributed by atoms with van der Waals surface area (Å²) in [5, 5.41) is 5.01. The zero-order valence-electron chi connectivity index (χ0n) is 8.82. The highest BCUT2D eigenvalue weighted by Gasteiger charge is 2.28. The molecule has 1 unspecified atom stereocenters. The molecule has 0 saturated carbocycles. The minimum absolute atomic E-state index is 0.206. The molecular weight excluding hydrogens is 229 g/mol. The summed E-state index contributed by atoms with van der Waals surface area (Å²) >= 11 is 12.0. The fourth-order valence-electron chi connectivity index (χ4n) is 2.19. The van der Waals surface area contributed by atoms with Crippen molar-refractivity contribution in [2.75, 3.05) is 6.54 Å². The number of halogens is 2. The largest absolute Gasteiger partial charge is 0.311 e. The first-order valence-electron chi connectivity index (χ1n) is 5.28. The molecule has 1 N–H and O–H groups in total. The Morgan fingerprint density at radius 3 is 2.80 bits per heavy atom. The maximum atomic E-state index is 6.16. The second-order valence-electron chi connectivity index (χ2n) is 4.50. The summed E-state index contributed by atoms with van der Waals surface area (Å²) in [6.45, 7) is 3.37. The van der Waals surface area contributed by atoms with Gasteiger partial charge >= 0.3 is 0 Å². The van der Waals surface area contributed by atoms with Gasteiger partial charge in [-0.2, -0.15) is 0 Å². The first-order valence-corrected chi connectivity index (χ1v) is 6.04. The highest BCUT2D eigenvalue weighted by molar-refractivity contribution is 6.35. The first kappa shape index (κ1) is 11.3. The molecule has 0 radical (unpaired) electrons. The molecule has 1 aliphatic heterocycles. The van der Waals surface area contributed by atoms with Gasteiger partial charge in [-0.25, -0.2) is 0 Å². The van der Waals surface area contributed by atoms with E-state index in [9.17, 15) is 0 Å². The van der Waals surface area contributed by atoms with Crippen LogP contribution in [-0.4, -0.2) is 12.1 Å². The Kier molecular flexibility index (Phi) is 3.24. The van der Waals surface area contributed by atoms with Crippen molar-refractivity contribution in [3.05, 3.63) is 33.8 Å². The number of nitrogens with one attached hydrogen (secondary N) is 1. The van der Waals surface area contributed by atoms with Crippen molar-refractivity contribution in [3.8, 4) is 0 Å². The summed E-state index contributed by atoms with van der Waals surface area (Å²) in [7, 11) is 0. The second kappa shape index (κ2) is 4.32. The molecule has 1 heterocycles. The van der Waals surface area contributed by atoms with Crippen molar-refractivity contribution in [2.45, 2.75) is 31.7 Å². The predicted octanol–water partition coefficient (Wildman–Crippen LogP) is 3.68. The molecule has 1 atom stereocenters. The van der Waals surface area contributed by atoms with Gasteiger partial charge < -0.3 is 5.32 Å². The van der Waals surface area contributed by atoms with Crippen LogP contribution in [0.5, 0.6) is 0 Å². The van der Waals surface area contributed by atoms with E-state index < -0.39 is 0 Å². The minimum atomic E-state index is 0.206. The van der Waals surface area contributed by atoms with E-state index in [1.807, 2.05) is 18.2 Å². The molecule has 15 heavy (non-hydrogen) atoms. The summed E-state index contributed by atoms with van der Waals surface area (Å²) in [6, 6.07) is 5.74. The smallest absolute Gasteiger partial charge is 0.0453 e. The topological polar surface area (TPSA) is 12.0 Å². The maximum Gasteiger partial charge on any atom is 0.0453 e. The molecule has 1 aliphatic rings. The number of hydrogen-bond acceptors (Lipinski definition) is 1. The monoisotopic (exact) mass is 243 g/mol. The van der Waals surface area contributed by atoms with Crippen LogP contribution in [0.15, 0.2) is 18.2 Å². The average Bonchev–Trinajstić information content (AvgIpc) is 2.58. The number of hydrogen-bond donors (Lipinski definition) is 1. The highest BCUT2D eigenvalue weighted by atomic mass is 35.5. The summed E-state index contributed by atoms with van der Waals surface area (Å²) in [5.41, 5.74) is 1.38. The summed E-state index contributed by atoms with van der Waals surface area (Å²) < 4.78 is 0. The zero-order chi connectivity index (χ0) is 10.9. The SMILES string of the molecule is CC1(Cc2ccc(Cl)cc2Cl)CCCN1. The third kappa shape index (κ3) is 2.66. The van der Waals surface area contributed by atoms with E-state index in [1.54, 1.807) is 0 Å². The Morgan fingerprint density at radius 1 is 1.40 bits per heavy atom. The van der Waals surface area contributed by atoms with Crippen molar-refractivity contribution in [1.82, 2.24) is 5.32 Å². The number of benzene rings is 1. The lowest BCUT2D eigenvalue weighted by Crippen LogP contribution is -2.38. The van der Waals surface area contributed by atoms with Crippen molar-refractivity contribution >= 4 is 23.2 Å². The van der Waals surface area contributed by atoms with Gasteiger partial charge in [-0.05, 0) is 50.4 Å². The van der Waals surface area contributed by atoms with E-state index in [-0.39, 0.29) is 5.54 Å². The highest BCUT2D eigenvalue weighted by Crippen LogP contribution is 2.28. The standard InChI is InChI=1S/C12H15Cl2N/c1-12(5-2-6-15-12)8-9-3-4-10(13)7-11(9)14/h3-4,7,15H,2,5-6,8H2,1H3. The predicted molar refractivity (Wildman–Crippen MR) is 65.8 cm³/mol. The molecule has 2 rings (SSSR count). The Bertz CT molecular complexity index is 357. The van der Waals surface area contributed by atoms with E-state index in [2.05, 4.69) is 12.2 Å². The Morgan fingerprint density at radius 2 is 2.20 bits per heavy atom. The fraction of sp³-hybridized carbons (Fsp3) is 0.500. The third-order valence-corrected chi connectivity index (χ3v) is 3.64. The van der Waals surface area contributed by atoms with Crippen molar-refractivity contribution in [2.24, 2.45) is 0 Å². The van der Waals surface area contributed by atoms with Gasteiger partial charge in [0.15, 0.2) is 0 Å². The normalized spacial score (nSPS) is 25.8. The quantitative estimate of drug-likeness (QED) is 0.836. The maximum absolute atomic E-state index is 6.16. The molecule has 0 aliphatic carbocycles. The van der Waals surface area contributed by atoms with Gasteiger partial charge in [0.25, 0.3) is 0 Å². The molecule has 1 saturated heterocycles. The van der Waals surface area contributed by atoms with Gasteiger partial charge in [0.1, 0.15) is 0 Å². The Labute approximate surface area is 101 Å². The van der Waals surface area contributed by atoms with Crippen LogP contribution in [-0.2, 0) is 6.42 Å². The summed E-state index contributed by atoms with van der Waals surface area (Å²) in [5.74, 6) is 0. The molecule has 82 valence electrons. The summed E-state index contributed by atoms with van der Waals surface area (Å²) in [6.07, 6.45) is 3.44. The minimum Gasteiger partial charge on any atom is -0.311 e. The molecular formula is C12H15Cl2N. The zero-order valence-corrected chi connectivity index (χ0v) is 10.3. The van der Waals surface area contributed by atoms with E-state index >= 15 is 0 Å². The van der Waals surface area contributed by atoms with Crippen LogP contribution in [0.3, 0.4) is 0 Å². The molecule has 1 nitrogen and oxygen atoms in total. The van der Waals surface area contributed by atoms with Crippen molar-refractivity contribution in [3.63, 3.8) is 0 Å². The molecule has 1 fully saturated rings. The molecule has 1 aromatic carbocycles. The van der Waals surface area contributed by atoms with Crippen molar-refractivity contribution < 1.29 is 0 Å². The van der Waals surface area contributed by atoms with Crippen LogP contribution in [0.25, 0.3) is 0 Å². The van der Waals surface area contributed by atoms with Crippen molar-refractivity contribution in [1.29, 1.82) is 0 Å². The van der Waals surface area contributed by atoms with Crippen LogP contribution in [0.2, 0.25) is 10.0 Å². The molecule has 3 heteroatoms. The molecule has 0 bridgehead atoms. The van der Waals surface area contributed by atoms with Gasteiger partial charge in [0.2, 0.25) is 0 Å². The molecule has 1 aromatic rings. The lowest BCUT2D eigenvalue weighted by atomic mass is 9.91. The van der Waals surface area contributed by atoms with Crippen LogP contribution < -0.4 is 5.32 Å². The van der Waals surface area contributed by atoms with Crippen LogP contribution in [0.4, 0.5) is 0 Å². The van der Waals surface area contributed by atoms with E-state index in [1.165, 1.54) is 18.4 Å². The van der Waals surface area contributed by atoms with E-state index in [0.717, 1.165) is 18.0 Å². The third-order valence-electron chi connectivity index (χ3n) is 3.05.